The fraction of sp³-hybridized carbons (Fsp3) is 1.00. The van der Waals surface area contributed by atoms with E-state index in [0.717, 1.165) is 0 Å². The van der Waals surface area contributed by atoms with Crippen molar-refractivity contribution >= 4 is 11.8 Å². The minimum absolute atomic E-state index is 0.0155. The van der Waals surface area contributed by atoms with Gasteiger partial charge in [-0.3, -0.25) is 0 Å². The van der Waals surface area contributed by atoms with Crippen molar-refractivity contribution < 1.29 is 28.1 Å². The number of halogens is 3. The van der Waals surface area contributed by atoms with Crippen LogP contribution in [0.3, 0.4) is 0 Å². The first-order valence-corrected chi connectivity index (χ1v) is 5.18. The second kappa shape index (κ2) is 4.69. The maximum Gasteiger partial charge on any atom is 0.397 e. The van der Waals surface area contributed by atoms with Gasteiger partial charge in [0.1, 0.15) is 12.2 Å². The topological polar surface area (TPSA) is 49.7 Å². The summed E-state index contributed by atoms with van der Waals surface area (Å²) in [4.78, 5) is 0. The fourth-order valence-electron chi connectivity index (χ4n) is 1.10. The fourth-order valence-corrected chi connectivity index (χ4v) is 1.98. The van der Waals surface area contributed by atoms with E-state index in [1.165, 1.54) is 0 Å². The van der Waals surface area contributed by atoms with Crippen LogP contribution in [0.4, 0.5) is 13.2 Å². The van der Waals surface area contributed by atoms with Gasteiger partial charge in [0.15, 0.2) is 0 Å². The van der Waals surface area contributed by atoms with Gasteiger partial charge >= 0.3 is 6.18 Å². The first-order chi connectivity index (χ1) is 6.40. The SMILES string of the molecule is OC1COC(CSCC(F)(F)F)C1O. The molecule has 0 aromatic rings. The Kier molecular flexibility index (Phi) is 4.05. The molecule has 0 saturated carbocycles. The minimum Gasteiger partial charge on any atom is -0.388 e. The van der Waals surface area contributed by atoms with E-state index in [9.17, 15) is 18.3 Å². The summed E-state index contributed by atoms with van der Waals surface area (Å²) in [5.41, 5.74) is 0. The molecule has 0 radical (unpaired) electrons. The third kappa shape index (κ3) is 3.64. The zero-order valence-electron chi connectivity index (χ0n) is 7.20. The van der Waals surface area contributed by atoms with E-state index in [1.54, 1.807) is 0 Å². The Morgan fingerprint density at radius 3 is 2.43 bits per heavy atom. The molecule has 7 heteroatoms. The molecule has 1 fully saturated rings. The van der Waals surface area contributed by atoms with Gasteiger partial charge < -0.3 is 14.9 Å². The number of hydrogen-bond donors (Lipinski definition) is 2. The summed E-state index contributed by atoms with van der Waals surface area (Å²) in [5.74, 6) is -0.923. The van der Waals surface area contributed by atoms with Crippen molar-refractivity contribution in [1.82, 2.24) is 0 Å². The molecule has 3 nitrogen and oxygen atoms in total. The average Bonchev–Trinajstić information content (AvgIpc) is 2.33. The molecule has 0 amide bonds. The zero-order valence-corrected chi connectivity index (χ0v) is 8.01. The maximum atomic E-state index is 11.7. The van der Waals surface area contributed by atoms with Crippen LogP contribution in [0.15, 0.2) is 0 Å². The van der Waals surface area contributed by atoms with Crippen LogP contribution in [-0.2, 0) is 4.74 Å². The van der Waals surface area contributed by atoms with Crippen LogP contribution in [0, 0.1) is 0 Å². The van der Waals surface area contributed by atoms with Gasteiger partial charge in [-0.15, -0.1) is 11.8 Å². The molecule has 1 aliphatic rings. The molecule has 0 spiro atoms. The summed E-state index contributed by atoms with van der Waals surface area (Å²) in [6.07, 6.45) is -6.95. The molecule has 0 aliphatic carbocycles. The molecule has 3 unspecified atom stereocenters. The highest BCUT2D eigenvalue weighted by Crippen LogP contribution is 2.24. The van der Waals surface area contributed by atoms with E-state index < -0.39 is 30.2 Å². The van der Waals surface area contributed by atoms with Crippen molar-refractivity contribution in [1.29, 1.82) is 0 Å². The van der Waals surface area contributed by atoms with Crippen LogP contribution < -0.4 is 0 Å². The van der Waals surface area contributed by atoms with Crippen molar-refractivity contribution in [3.05, 3.63) is 0 Å². The molecule has 2 N–H and O–H groups in total. The Balaban J connectivity index is 2.19. The average molecular weight is 232 g/mol. The lowest BCUT2D eigenvalue weighted by molar-refractivity contribution is -0.105. The molecule has 1 saturated heterocycles. The van der Waals surface area contributed by atoms with Crippen LogP contribution in [0.2, 0.25) is 0 Å². The quantitative estimate of drug-likeness (QED) is 0.739. The number of aliphatic hydroxyl groups excluding tert-OH is 2. The Bertz CT molecular complexity index is 188. The number of thioether (sulfide) groups is 1. The highest BCUT2D eigenvalue weighted by Gasteiger charge is 2.35. The standard InChI is InChI=1S/C7H11F3O3S/c8-7(9,10)3-14-2-5-6(12)4(11)1-13-5/h4-6,11-12H,1-3H2. The lowest BCUT2D eigenvalue weighted by atomic mass is 10.2. The molecular formula is C7H11F3O3S. The highest BCUT2D eigenvalue weighted by molar-refractivity contribution is 7.99. The van der Waals surface area contributed by atoms with Crippen LogP contribution in [0.5, 0.6) is 0 Å². The van der Waals surface area contributed by atoms with Crippen LogP contribution >= 0.6 is 11.8 Å². The third-order valence-corrected chi connectivity index (χ3v) is 2.90. The van der Waals surface area contributed by atoms with Crippen molar-refractivity contribution in [2.45, 2.75) is 24.5 Å². The van der Waals surface area contributed by atoms with Crippen LogP contribution in [0.1, 0.15) is 0 Å². The van der Waals surface area contributed by atoms with Crippen molar-refractivity contribution in [3.63, 3.8) is 0 Å². The third-order valence-electron chi connectivity index (χ3n) is 1.80. The highest BCUT2D eigenvalue weighted by atomic mass is 32.2. The Morgan fingerprint density at radius 2 is 2.00 bits per heavy atom. The maximum absolute atomic E-state index is 11.7. The summed E-state index contributed by atoms with van der Waals surface area (Å²) in [6, 6.07) is 0. The molecule has 1 aliphatic heterocycles. The molecule has 0 aromatic carbocycles. The van der Waals surface area contributed by atoms with Gasteiger partial charge in [-0.05, 0) is 0 Å². The first-order valence-electron chi connectivity index (χ1n) is 4.02. The summed E-state index contributed by atoms with van der Waals surface area (Å²) in [6.45, 7) is -0.0155. The number of ether oxygens (including phenoxy) is 1. The van der Waals surface area contributed by atoms with E-state index in [0.29, 0.717) is 11.8 Å². The minimum atomic E-state index is -4.20. The molecule has 0 aromatic heterocycles. The van der Waals surface area contributed by atoms with Gasteiger partial charge in [0.05, 0.1) is 18.5 Å². The monoisotopic (exact) mass is 232 g/mol. The van der Waals surface area contributed by atoms with Crippen molar-refractivity contribution in [3.8, 4) is 0 Å². The summed E-state index contributed by atoms with van der Waals surface area (Å²) in [5, 5.41) is 18.2. The molecule has 14 heavy (non-hydrogen) atoms. The van der Waals surface area contributed by atoms with Gasteiger partial charge in [-0.25, -0.2) is 0 Å². The van der Waals surface area contributed by atoms with Gasteiger partial charge in [-0.2, -0.15) is 13.2 Å². The normalized spacial score (nSPS) is 33.6. The molecule has 1 heterocycles. The number of aliphatic hydroxyl groups is 2. The largest absolute Gasteiger partial charge is 0.397 e. The Hall–Kier alpha value is 0.0200. The summed E-state index contributed by atoms with van der Waals surface area (Å²) in [7, 11) is 0. The van der Waals surface area contributed by atoms with Crippen molar-refractivity contribution in [2.75, 3.05) is 18.1 Å². The Labute approximate surface area is 83.2 Å². The number of hydrogen-bond acceptors (Lipinski definition) is 4. The van der Waals surface area contributed by atoms with Gasteiger partial charge in [0, 0.05) is 5.75 Å². The Morgan fingerprint density at radius 1 is 1.36 bits per heavy atom. The van der Waals surface area contributed by atoms with Gasteiger partial charge in [0.2, 0.25) is 0 Å². The van der Waals surface area contributed by atoms with E-state index >= 15 is 0 Å². The lowest BCUT2D eigenvalue weighted by Gasteiger charge is -2.14. The molecule has 0 bridgehead atoms. The second-order valence-electron chi connectivity index (χ2n) is 3.06. The predicted molar refractivity (Wildman–Crippen MR) is 45.1 cm³/mol. The van der Waals surface area contributed by atoms with E-state index in [2.05, 4.69) is 0 Å². The summed E-state index contributed by atoms with van der Waals surface area (Å²) >= 11 is 0.642. The number of alkyl halides is 3. The first kappa shape index (κ1) is 12.1. The smallest absolute Gasteiger partial charge is 0.388 e. The van der Waals surface area contributed by atoms with Crippen LogP contribution in [-0.4, -0.2) is 52.8 Å². The second-order valence-corrected chi connectivity index (χ2v) is 4.09. The van der Waals surface area contributed by atoms with Crippen molar-refractivity contribution in [2.24, 2.45) is 0 Å². The molecule has 84 valence electrons. The van der Waals surface area contributed by atoms with E-state index in [4.69, 9.17) is 9.84 Å². The molecule has 3 atom stereocenters. The lowest BCUT2D eigenvalue weighted by Crippen LogP contribution is -2.31. The number of rotatable bonds is 3. The van der Waals surface area contributed by atoms with E-state index in [1.807, 2.05) is 0 Å². The zero-order chi connectivity index (χ0) is 10.8. The van der Waals surface area contributed by atoms with Gasteiger partial charge in [-0.1, -0.05) is 0 Å². The molecular weight excluding hydrogens is 221 g/mol. The van der Waals surface area contributed by atoms with Crippen LogP contribution in [0.25, 0.3) is 0 Å². The molecule has 1 rings (SSSR count). The summed E-state index contributed by atoms with van der Waals surface area (Å²) < 4.78 is 40.1. The predicted octanol–water partition coefficient (Wildman–Crippen LogP) is 0.403. The van der Waals surface area contributed by atoms with Gasteiger partial charge in [0.25, 0.3) is 0 Å². The van der Waals surface area contributed by atoms with E-state index in [-0.39, 0.29) is 12.4 Å².